The van der Waals surface area contributed by atoms with Crippen molar-refractivity contribution in [1.82, 2.24) is 25.4 Å². The molecule has 2 aromatic heterocycles. The van der Waals surface area contributed by atoms with Crippen molar-refractivity contribution in [2.75, 3.05) is 19.6 Å². The monoisotopic (exact) mass is 395 g/mol. The molecule has 0 aliphatic carbocycles. The van der Waals surface area contributed by atoms with E-state index >= 15 is 0 Å². The summed E-state index contributed by atoms with van der Waals surface area (Å²) in [6.45, 7) is 4.65. The molecule has 9 heteroatoms. The molecule has 1 aromatic carbocycles. The van der Waals surface area contributed by atoms with E-state index in [0.717, 1.165) is 0 Å². The van der Waals surface area contributed by atoms with E-state index < -0.39 is 0 Å². The fraction of sp³-hybridized carbons (Fsp3) is 0.350. The summed E-state index contributed by atoms with van der Waals surface area (Å²) in [7, 11) is 0. The predicted octanol–water partition coefficient (Wildman–Crippen LogP) is 1.96. The highest BCUT2D eigenvalue weighted by molar-refractivity contribution is 5.94. The van der Waals surface area contributed by atoms with Crippen molar-refractivity contribution in [3.63, 3.8) is 0 Å². The van der Waals surface area contributed by atoms with E-state index in [1.54, 1.807) is 30.9 Å². The third-order valence-corrected chi connectivity index (χ3v) is 5.09. The van der Waals surface area contributed by atoms with Crippen LogP contribution in [0.2, 0.25) is 0 Å². The van der Waals surface area contributed by atoms with Gasteiger partial charge in [0.2, 0.25) is 17.5 Å². The molecule has 0 bridgehead atoms. The molecule has 9 nitrogen and oxygen atoms in total. The standard InChI is InChI=1S/C20H21N5O4/c1-12-17(28-11-22-12)20(27)25-9-15(16(10-25)19-24-23-13(2)29-19)8-21-18(26)14-6-4-3-5-7-14/h3-7,11,15-16H,8-10H2,1-2H3,(H,21,26)/t15-,16-/m0/s1. The zero-order valence-electron chi connectivity index (χ0n) is 16.2. The van der Waals surface area contributed by atoms with Crippen molar-refractivity contribution in [2.24, 2.45) is 5.92 Å². The van der Waals surface area contributed by atoms with Crippen molar-refractivity contribution in [2.45, 2.75) is 19.8 Å². The first-order valence-electron chi connectivity index (χ1n) is 9.35. The Kier molecular flexibility index (Phi) is 5.11. The zero-order chi connectivity index (χ0) is 20.4. The Morgan fingerprint density at radius 1 is 1.17 bits per heavy atom. The summed E-state index contributed by atoms with van der Waals surface area (Å²) in [4.78, 5) is 31.0. The van der Waals surface area contributed by atoms with Crippen LogP contribution >= 0.6 is 0 Å². The number of hydrogen-bond acceptors (Lipinski definition) is 7. The first-order chi connectivity index (χ1) is 14.0. The van der Waals surface area contributed by atoms with Crippen molar-refractivity contribution < 1.29 is 18.4 Å². The number of oxazole rings is 1. The minimum Gasteiger partial charge on any atom is -0.438 e. The topological polar surface area (TPSA) is 114 Å². The van der Waals surface area contributed by atoms with Crippen LogP contribution in [0.15, 0.2) is 45.6 Å². The average molecular weight is 395 g/mol. The van der Waals surface area contributed by atoms with Gasteiger partial charge in [-0.1, -0.05) is 18.2 Å². The lowest BCUT2D eigenvalue weighted by Gasteiger charge is -2.16. The zero-order valence-corrected chi connectivity index (χ0v) is 16.2. The molecule has 29 heavy (non-hydrogen) atoms. The number of aromatic nitrogens is 3. The molecule has 1 aliphatic rings. The maximum atomic E-state index is 12.9. The second-order valence-corrected chi connectivity index (χ2v) is 7.08. The smallest absolute Gasteiger partial charge is 0.291 e. The van der Waals surface area contributed by atoms with Crippen LogP contribution in [-0.2, 0) is 0 Å². The van der Waals surface area contributed by atoms with E-state index in [4.69, 9.17) is 8.83 Å². The molecule has 0 saturated carbocycles. The first-order valence-corrected chi connectivity index (χ1v) is 9.35. The van der Waals surface area contributed by atoms with Gasteiger partial charge in [-0.15, -0.1) is 10.2 Å². The number of likely N-dealkylation sites (tertiary alicyclic amines) is 1. The highest BCUT2D eigenvalue weighted by Crippen LogP contribution is 2.32. The summed E-state index contributed by atoms with van der Waals surface area (Å²) in [5.41, 5.74) is 1.13. The third kappa shape index (κ3) is 3.89. The summed E-state index contributed by atoms with van der Waals surface area (Å²) >= 11 is 0. The van der Waals surface area contributed by atoms with Gasteiger partial charge in [0.05, 0.1) is 11.6 Å². The molecule has 1 N–H and O–H groups in total. The number of carbonyl (C=O) groups is 2. The lowest BCUT2D eigenvalue weighted by atomic mass is 9.96. The van der Waals surface area contributed by atoms with Crippen LogP contribution in [0.5, 0.6) is 0 Å². The fourth-order valence-electron chi connectivity index (χ4n) is 3.55. The largest absolute Gasteiger partial charge is 0.438 e. The maximum Gasteiger partial charge on any atom is 0.291 e. The highest BCUT2D eigenvalue weighted by atomic mass is 16.4. The maximum absolute atomic E-state index is 12.9. The second kappa shape index (κ2) is 7.86. The molecular formula is C20H21N5O4. The molecule has 2 atom stereocenters. The van der Waals surface area contributed by atoms with Crippen molar-refractivity contribution in [1.29, 1.82) is 0 Å². The number of hydrogen-bond donors (Lipinski definition) is 1. The van der Waals surface area contributed by atoms with Crippen LogP contribution in [0.1, 0.15) is 44.3 Å². The van der Waals surface area contributed by atoms with Crippen LogP contribution in [-0.4, -0.2) is 51.5 Å². The number of nitrogens with zero attached hydrogens (tertiary/aromatic N) is 4. The summed E-state index contributed by atoms with van der Waals surface area (Å²) in [5.74, 6) is 0.489. The number of rotatable bonds is 5. The molecule has 0 radical (unpaired) electrons. The molecule has 0 spiro atoms. The van der Waals surface area contributed by atoms with Gasteiger partial charge in [0.1, 0.15) is 0 Å². The number of carbonyl (C=O) groups excluding carboxylic acids is 2. The SMILES string of the molecule is Cc1nnc([C@H]2CN(C(=O)c3ocnc3C)C[C@@H]2CNC(=O)c2ccccc2)o1. The highest BCUT2D eigenvalue weighted by Gasteiger charge is 2.40. The molecule has 2 amide bonds. The Morgan fingerprint density at radius 3 is 2.62 bits per heavy atom. The Bertz CT molecular complexity index is 1010. The summed E-state index contributed by atoms with van der Waals surface area (Å²) in [6.07, 6.45) is 1.26. The molecule has 3 heterocycles. The van der Waals surface area contributed by atoms with E-state index in [1.807, 2.05) is 18.2 Å². The molecule has 1 aliphatic heterocycles. The number of aryl methyl sites for hydroxylation is 2. The average Bonchev–Trinajstić information content (AvgIpc) is 3.46. The van der Waals surface area contributed by atoms with Gasteiger partial charge in [0.15, 0.2) is 6.39 Å². The molecule has 1 saturated heterocycles. The number of amides is 2. The van der Waals surface area contributed by atoms with Crippen LogP contribution in [0.4, 0.5) is 0 Å². The van der Waals surface area contributed by atoms with Gasteiger partial charge in [-0.25, -0.2) is 4.98 Å². The fourth-order valence-corrected chi connectivity index (χ4v) is 3.55. The molecule has 1 fully saturated rings. The Hall–Kier alpha value is -3.49. The molecule has 150 valence electrons. The molecule has 0 unspecified atom stereocenters. The second-order valence-electron chi connectivity index (χ2n) is 7.08. The lowest BCUT2D eigenvalue weighted by molar-refractivity contribution is 0.0753. The van der Waals surface area contributed by atoms with Crippen LogP contribution < -0.4 is 5.32 Å². The van der Waals surface area contributed by atoms with Gasteiger partial charge >= 0.3 is 0 Å². The van der Waals surface area contributed by atoms with Crippen molar-refractivity contribution in [3.8, 4) is 0 Å². The Labute approximate surface area is 167 Å². The van der Waals surface area contributed by atoms with Gasteiger partial charge in [0.25, 0.3) is 11.8 Å². The quantitative estimate of drug-likeness (QED) is 0.702. The van der Waals surface area contributed by atoms with Crippen LogP contribution in [0.3, 0.4) is 0 Å². The summed E-state index contributed by atoms with van der Waals surface area (Å²) in [5, 5.41) is 11.0. The van der Waals surface area contributed by atoms with Crippen LogP contribution in [0.25, 0.3) is 0 Å². The first kappa shape index (κ1) is 18.9. The van der Waals surface area contributed by atoms with E-state index in [1.165, 1.54) is 6.39 Å². The van der Waals surface area contributed by atoms with E-state index in [0.29, 0.717) is 42.7 Å². The predicted molar refractivity (Wildman–Crippen MR) is 101 cm³/mol. The lowest BCUT2D eigenvalue weighted by Crippen LogP contribution is -2.33. The number of nitrogens with one attached hydrogen (secondary N) is 1. The van der Waals surface area contributed by atoms with E-state index in [-0.39, 0.29) is 29.4 Å². The Morgan fingerprint density at radius 2 is 1.97 bits per heavy atom. The van der Waals surface area contributed by atoms with Gasteiger partial charge < -0.3 is 19.1 Å². The normalized spacial score (nSPS) is 18.8. The number of benzene rings is 1. The minimum atomic E-state index is -0.238. The van der Waals surface area contributed by atoms with Crippen molar-refractivity contribution in [3.05, 3.63) is 65.5 Å². The van der Waals surface area contributed by atoms with Gasteiger partial charge in [-0.05, 0) is 19.1 Å². The molecule has 3 aromatic rings. The third-order valence-electron chi connectivity index (χ3n) is 5.09. The minimum absolute atomic E-state index is 0.0744. The van der Waals surface area contributed by atoms with Gasteiger partial charge in [-0.3, -0.25) is 9.59 Å². The van der Waals surface area contributed by atoms with Gasteiger partial charge in [-0.2, -0.15) is 0 Å². The summed E-state index contributed by atoms with van der Waals surface area (Å²) in [6, 6.07) is 9.00. The Balaban J connectivity index is 1.50. The van der Waals surface area contributed by atoms with Crippen molar-refractivity contribution >= 4 is 11.8 Å². The van der Waals surface area contributed by atoms with E-state index in [2.05, 4.69) is 20.5 Å². The van der Waals surface area contributed by atoms with Crippen LogP contribution in [0, 0.1) is 19.8 Å². The van der Waals surface area contributed by atoms with Gasteiger partial charge in [0, 0.05) is 38.0 Å². The van der Waals surface area contributed by atoms with E-state index in [9.17, 15) is 9.59 Å². The molecular weight excluding hydrogens is 374 g/mol. The summed E-state index contributed by atoms with van der Waals surface area (Å²) < 4.78 is 10.9. The molecule has 4 rings (SSSR count).